The number of rotatable bonds is 2. The molecule has 0 aliphatic heterocycles. The van der Waals surface area contributed by atoms with Crippen LogP contribution in [-0.4, -0.2) is 5.11 Å². The second-order valence-electron chi connectivity index (χ2n) is 4.19. The Morgan fingerprint density at radius 1 is 1.07 bits per heavy atom. The maximum absolute atomic E-state index is 10.2. The smallest absolute Gasteiger partial charge is 0.0819 e. The van der Waals surface area contributed by atoms with Crippen molar-refractivity contribution in [3.8, 4) is 0 Å². The zero-order chi connectivity index (χ0) is 10.8. The SMILES string of the molecule is OC(c1cc(Cl)cc(Cl)c1)C1CCCC1. The predicted octanol–water partition coefficient (Wildman–Crippen LogP) is 4.22. The van der Waals surface area contributed by atoms with E-state index in [2.05, 4.69) is 0 Å². The topological polar surface area (TPSA) is 20.2 Å². The standard InChI is InChI=1S/C12H14Cl2O/c13-10-5-9(6-11(14)7-10)12(15)8-3-1-2-4-8/h5-8,12,15H,1-4H2. The predicted molar refractivity (Wildman–Crippen MR) is 63.4 cm³/mol. The molecule has 0 saturated heterocycles. The van der Waals surface area contributed by atoms with Crippen molar-refractivity contribution in [3.63, 3.8) is 0 Å². The van der Waals surface area contributed by atoms with E-state index in [1.54, 1.807) is 18.2 Å². The summed E-state index contributed by atoms with van der Waals surface area (Å²) in [5.74, 6) is 0.375. The van der Waals surface area contributed by atoms with Gasteiger partial charge in [0, 0.05) is 10.0 Å². The zero-order valence-corrected chi connectivity index (χ0v) is 9.93. The molecule has 1 fully saturated rings. The first-order valence-electron chi connectivity index (χ1n) is 5.31. The van der Waals surface area contributed by atoms with Gasteiger partial charge in [-0.15, -0.1) is 0 Å². The summed E-state index contributed by atoms with van der Waals surface area (Å²) >= 11 is 11.8. The van der Waals surface area contributed by atoms with Crippen molar-refractivity contribution in [1.29, 1.82) is 0 Å². The number of aliphatic hydroxyl groups is 1. The summed E-state index contributed by atoms with van der Waals surface area (Å²) in [5.41, 5.74) is 0.847. The molecule has 82 valence electrons. The van der Waals surface area contributed by atoms with Crippen LogP contribution in [-0.2, 0) is 0 Å². The highest BCUT2D eigenvalue weighted by atomic mass is 35.5. The lowest BCUT2D eigenvalue weighted by molar-refractivity contribution is 0.111. The van der Waals surface area contributed by atoms with Gasteiger partial charge in [0.1, 0.15) is 0 Å². The van der Waals surface area contributed by atoms with Crippen molar-refractivity contribution in [2.45, 2.75) is 31.8 Å². The minimum absolute atomic E-state index is 0.375. The summed E-state index contributed by atoms with van der Waals surface area (Å²) in [7, 11) is 0. The molecule has 1 atom stereocenters. The molecule has 1 aromatic carbocycles. The van der Waals surface area contributed by atoms with E-state index in [0.29, 0.717) is 16.0 Å². The minimum Gasteiger partial charge on any atom is -0.388 e. The summed E-state index contributed by atoms with van der Waals surface area (Å²) in [5, 5.41) is 11.3. The van der Waals surface area contributed by atoms with E-state index >= 15 is 0 Å². The Morgan fingerprint density at radius 2 is 1.60 bits per heavy atom. The van der Waals surface area contributed by atoms with Gasteiger partial charge < -0.3 is 5.11 Å². The molecule has 0 aromatic heterocycles. The summed E-state index contributed by atoms with van der Waals surface area (Å²) in [4.78, 5) is 0. The molecule has 1 unspecified atom stereocenters. The third-order valence-corrected chi connectivity index (χ3v) is 3.51. The molecule has 0 heterocycles. The molecule has 1 nitrogen and oxygen atoms in total. The molecule has 1 aliphatic carbocycles. The highest BCUT2D eigenvalue weighted by Crippen LogP contribution is 2.37. The Labute approximate surface area is 100 Å². The maximum Gasteiger partial charge on any atom is 0.0819 e. The van der Waals surface area contributed by atoms with Crippen LogP contribution in [0.25, 0.3) is 0 Å². The van der Waals surface area contributed by atoms with E-state index in [1.807, 2.05) is 0 Å². The molecule has 3 heteroatoms. The van der Waals surface area contributed by atoms with Gasteiger partial charge in [-0.25, -0.2) is 0 Å². The largest absolute Gasteiger partial charge is 0.388 e. The molecule has 1 aromatic rings. The van der Waals surface area contributed by atoms with Crippen molar-refractivity contribution in [2.24, 2.45) is 5.92 Å². The third kappa shape index (κ3) is 2.66. The molecule has 2 rings (SSSR count). The first kappa shape index (κ1) is 11.3. The quantitative estimate of drug-likeness (QED) is 0.827. The van der Waals surface area contributed by atoms with Gasteiger partial charge >= 0.3 is 0 Å². The van der Waals surface area contributed by atoms with Crippen LogP contribution in [0.1, 0.15) is 37.4 Å². The van der Waals surface area contributed by atoms with Crippen molar-refractivity contribution < 1.29 is 5.11 Å². The van der Waals surface area contributed by atoms with Gasteiger partial charge in [-0.2, -0.15) is 0 Å². The lowest BCUT2D eigenvalue weighted by Gasteiger charge is -2.18. The van der Waals surface area contributed by atoms with Crippen LogP contribution in [0.3, 0.4) is 0 Å². The van der Waals surface area contributed by atoms with Gasteiger partial charge in [0.05, 0.1) is 6.10 Å². The fourth-order valence-electron chi connectivity index (χ4n) is 2.29. The lowest BCUT2D eigenvalue weighted by Crippen LogP contribution is -2.08. The number of hydrogen-bond donors (Lipinski definition) is 1. The zero-order valence-electron chi connectivity index (χ0n) is 8.42. The van der Waals surface area contributed by atoms with E-state index < -0.39 is 6.10 Å². The molecule has 1 N–H and O–H groups in total. The number of benzene rings is 1. The molecule has 0 spiro atoms. The molecule has 0 amide bonds. The normalized spacial score (nSPS) is 19.4. The van der Waals surface area contributed by atoms with Crippen molar-refractivity contribution in [1.82, 2.24) is 0 Å². The van der Waals surface area contributed by atoms with Gasteiger partial charge in [0.15, 0.2) is 0 Å². The van der Waals surface area contributed by atoms with Crippen molar-refractivity contribution in [3.05, 3.63) is 33.8 Å². The van der Waals surface area contributed by atoms with Crippen LogP contribution in [0.4, 0.5) is 0 Å². The minimum atomic E-state index is -0.413. The van der Waals surface area contributed by atoms with Gasteiger partial charge in [0.25, 0.3) is 0 Å². The average molecular weight is 245 g/mol. The lowest BCUT2D eigenvalue weighted by atomic mass is 9.94. The Morgan fingerprint density at radius 3 is 2.13 bits per heavy atom. The Kier molecular flexibility index (Phi) is 3.55. The van der Waals surface area contributed by atoms with Gasteiger partial charge in [-0.05, 0) is 42.5 Å². The number of halogens is 2. The summed E-state index contributed by atoms with van der Waals surface area (Å²) in [6.07, 6.45) is 4.23. The van der Waals surface area contributed by atoms with Crippen LogP contribution in [0.2, 0.25) is 10.0 Å². The van der Waals surface area contributed by atoms with E-state index in [1.165, 1.54) is 12.8 Å². The molecule has 1 aliphatic rings. The van der Waals surface area contributed by atoms with Crippen LogP contribution in [0.5, 0.6) is 0 Å². The second-order valence-corrected chi connectivity index (χ2v) is 5.07. The Hall–Kier alpha value is -0.240. The van der Waals surface area contributed by atoms with Crippen LogP contribution >= 0.6 is 23.2 Å². The van der Waals surface area contributed by atoms with Crippen molar-refractivity contribution >= 4 is 23.2 Å². The number of hydrogen-bond acceptors (Lipinski definition) is 1. The molecule has 0 bridgehead atoms. The fraction of sp³-hybridized carbons (Fsp3) is 0.500. The van der Waals surface area contributed by atoms with E-state index in [4.69, 9.17) is 23.2 Å². The highest BCUT2D eigenvalue weighted by Gasteiger charge is 2.24. The first-order valence-corrected chi connectivity index (χ1v) is 6.06. The van der Waals surface area contributed by atoms with E-state index in [0.717, 1.165) is 18.4 Å². The van der Waals surface area contributed by atoms with Crippen LogP contribution < -0.4 is 0 Å². The summed E-state index contributed by atoms with van der Waals surface area (Å²) in [6.45, 7) is 0. The maximum atomic E-state index is 10.2. The van der Waals surface area contributed by atoms with E-state index in [-0.39, 0.29) is 0 Å². The monoisotopic (exact) mass is 244 g/mol. The molecule has 0 radical (unpaired) electrons. The molecular formula is C12H14Cl2O. The van der Waals surface area contributed by atoms with Gasteiger partial charge in [-0.1, -0.05) is 36.0 Å². The average Bonchev–Trinajstić information content (AvgIpc) is 2.67. The van der Waals surface area contributed by atoms with Crippen LogP contribution in [0, 0.1) is 5.92 Å². The summed E-state index contributed by atoms with van der Waals surface area (Å²) in [6, 6.07) is 5.29. The van der Waals surface area contributed by atoms with Gasteiger partial charge in [-0.3, -0.25) is 0 Å². The Bertz CT molecular complexity index is 325. The van der Waals surface area contributed by atoms with Gasteiger partial charge in [0.2, 0.25) is 0 Å². The third-order valence-electron chi connectivity index (χ3n) is 3.07. The molecule has 1 saturated carbocycles. The second kappa shape index (κ2) is 4.73. The number of aliphatic hydroxyl groups excluding tert-OH is 1. The highest BCUT2D eigenvalue weighted by molar-refractivity contribution is 6.34. The molecular weight excluding hydrogens is 231 g/mol. The summed E-state index contributed by atoms with van der Waals surface area (Å²) < 4.78 is 0. The van der Waals surface area contributed by atoms with Crippen LogP contribution in [0.15, 0.2) is 18.2 Å². The van der Waals surface area contributed by atoms with Crippen molar-refractivity contribution in [2.75, 3.05) is 0 Å². The first-order chi connectivity index (χ1) is 7.16. The van der Waals surface area contributed by atoms with E-state index in [9.17, 15) is 5.11 Å². The Balaban J connectivity index is 2.20. The molecule has 15 heavy (non-hydrogen) atoms. The fourth-order valence-corrected chi connectivity index (χ4v) is 2.83.